The van der Waals surface area contributed by atoms with Crippen LogP contribution >= 0.6 is 4.91 Å². The van der Waals surface area contributed by atoms with Gasteiger partial charge in [-0.1, -0.05) is 0 Å². The van der Waals surface area contributed by atoms with Crippen molar-refractivity contribution in [3.8, 4) is 0 Å². The molecule has 0 aliphatic rings. The van der Waals surface area contributed by atoms with E-state index in [1.165, 1.54) is 19.9 Å². The molecule has 0 saturated heterocycles. The summed E-state index contributed by atoms with van der Waals surface area (Å²) in [6.07, 6.45) is 0. The predicted octanol–water partition coefficient (Wildman–Crippen LogP) is -1.65. The van der Waals surface area contributed by atoms with Crippen molar-refractivity contribution in [2.45, 2.75) is 0 Å². The zero-order valence-electron chi connectivity index (χ0n) is 2.38. The summed E-state index contributed by atoms with van der Waals surface area (Å²) in [5.74, 6) is 0. The molecule has 0 aliphatic heterocycles. The molecule has 0 amide bonds. The fraction of sp³-hybridized carbons (Fsp3) is 0. The molecule has 0 fully saturated rings. The van der Waals surface area contributed by atoms with Gasteiger partial charge in [0, 0.05) is 0 Å². The molecule has 0 saturated carbocycles. The Labute approximate surface area is 61.4 Å². The van der Waals surface area contributed by atoms with Gasteiger partial charge in [-0.15, -0.1) is 0 Å². The Morgan fingerprint density at radius 3 is 1.83 bits per heavy atom. The fourth-order valence-corrected chi connectivity index (χ4v) is 0. The molecular weight excluding hydrogens is 166 g/mol. The SMILES string of the molecule is O=[P](O)([SiH])[Ti].[AlH3]. The summed E-state index contributed by atoms with van der Waals surface area (Å²) in [4.78, 5) is 5.32. The van der Waals surface area contributed by atoms with Crippen LogP contribution in [0, 0.1) is 0 Å². The van der Waals surface area contributed by atoms with Crippen LogP contribution in [-0.2, 0) is 24.5 Å². The van der Waals surface area contributed by atoms with Crippen molar-refractivity contribution in [3.63, 3.8) is 0 Å². The van der Waals surface area contributed by atoms with E-state index in [4.69, 9.17) is 4.89 Å². The van der Waals surface area contributed by atoms with Gasteiger partial charge in [0.2, 0.25) is 0 Å². The Bertz CT molecular complexity index is 59.7. The van der Waals surface area contributed by atoms with Crippen LogP contribution in [0.15, 0.2) is 0 Å². The van der Waals surface area contributed by atoms with Crippen LogP contribution in [0.4, 0.5) is 0 Å². The second-order valence-electron chi connectivity index (χ2n) is 0.623. The topological polar surface area (TPSA) is 37.3 Å². The summed E-state index contributed by atoms with van der Waals surface area (Å²) in [6.45, 7) is 0. The van der Waals surface area contributed by atoms with Gasteiger partial charge >= 0.3 is 44.2 Å². The molecule has 2 nitrogen and oxygen atoms in total. The van der Waals surface area contributed by atoms with Gasteiger partial charge in [0.15, 0.2) is 17.4 Å². The van der Waals surface area contributed by atoms with Crippen LogP contribution < -0.4 is 0 Å². The van der Waals surface area contributed by atoms with E-state index < -0.39 is 4.91 Å². The summed E-state index contributed by atoms with van der Waals surface area (Å²) in [5.41, 5.74) is 0. The molecule has 0 rings (SSSR count). The minimum Gasteiger partial charge on any atom is 0.187 e. The summed E-state index contributed by atoms with van der Waals surface area (Å²) in [6, 6.07) is 0. The quantitative estimate of drug-likeness (QED) is 0.350. The molecule has 1 atom stereocenters. The van der Waals surface area contributed by atoms with Crippen LogP contribution in [0.3, 0.4) is 0 Å². The van der Waals surface area contributed by atoms with E-state index in [-0.39, 0.29) is 17.4 Å². The van der Waals surface area contributed by atoms with Gasteiger partial charge < -0.3 is 0 Å². The van der Waals surface area contributed by atoms with Crippen LogP contribution in [-0.4, -0.2) is 32.2 Å². The van der Waals surface area contributed by atoms with E-state index in [0.29, 0.717) is 0 Å². The van der Waals surface area contributed by atoms with Gasteiger partial charge in [0.1, 0.15) is 0 Å². The summed E-state index contributed by atoms with van der Waals surface area (Å²) >= 11 is 1.26. The smallest absolute Gasteiger partial charge is 0.187 e. The summed E-state index contributed by atoms with van der Waals surface area (Å²) in [5, 5.41) is 0. The third-order valence-electron chi connectivity index (χ3n) is 0. The zero-order valence-corrected chi connectivity index (χ0v) is 5.99. The largest absolute Gasteiger partial charge is 0.187 e. The first-order valence-corrected chi connectivity index (χ1v) is 6.24. The molecule has 1 unspecified atom stereocenters. The van der Waals surface area contributed by atoms with E-state index in [1.807, 2.05) is 9.91 Å². The average Bonchev–Trinajstić information content (AvgIpc) is 0.722. The maximum Gasteiger partial charge on any atom is 0.187 e. The molecule has 33 valence electrons. The number of hydrogen-bond donors (Lipinski definition) is 1. The second kappa shape index (κ2) is 3.63. The van der Waals surface area contributed by atoms with Crippen LogP contribution in [0.25, 0.3) is 0 Å². The van der Waals surface area contributed by atoms with E-state index in [1.54, 1.807) is 0 Å². The van der Waals surface area contributed by atoms with Crippen molar-refractivity contribution in [1.29, 1.82) is 0 Å². The molecule has 0 spiro atoms. The first-order valence-electron chi connectivity index (χ1n) is 0.864. The molecule has 0 aliphatic carbocycles. The minimum absolute atomic E-state index is 0. The average molecular weight is 171 g/mol. The van der Waals surface area contributed by atoms with Gasteiger partial charge in [-0.2, -0.15) is 0 Å². The van der Waals surface area contributed by atoms with Crippen LogP contribution in [0.5, 0.6) is 0 Å². The Morgan fingerprint density at radius 2 is 1.83 bits per heavy atom. The van der Waals surface area contributed by atoms with Crippen molar-refractivity contribution >= 4 is 32.2 Å². The van der Waals surface area contributed by atoms with E-state index in [2.05, 4.69) is 0 Å². The molecule has 2 radical (unpaired) electrons. The Morgan fingerprint density at radius 1 is 1.83 bits per heavy atom. The first kappa shape index (κ1) is 10.6. The maximum atomic E-state index is 9.73. The molecule has 6 heteroatoms. The minimum atomic E-state index is -2.72. The maximum absolute atomic E-state index is 9.73. The molecule has 0 aromatic heterocycles. The second-order valence-corrected chi connectivity index (χ2v) is 9.39. The number of hydrogen-bond acceptors (Lipinski definition) is 1. The number of rotatable bonds is 0. The fourth-order valence-electron chi connectivity index (χ4n) is 0. The van der Waals surface area contributed by atoms with E-state index in [0.717, 1.165) is 0 Å². The molecule has 1 N–H and O–H groups in total. The summed E-state index contributed by atoms with van der Waals surface area (Å²) < 4.78 is 9.73. The van der Waals surface area contributed by atoms with Crippen molar-refractivity contribution < 1.29 is 29.4 Å². The van der Waals surface area contributed by atoms with Crippen molar-refractivity contribution in [2.75, 3.05) is 0 Å². The standard InChI is InChI=1S/Al.H2O2PSi.Ti.3H/c;1-3(2)4;;;;/h;4H,(H,1,2);;;;/q;+1;-1;;;. The molecule has 6 heavy (non-hydrogen) atoms. The van der Waals surface area contributed by atoms with Crippen molar-refractivity contribution in [3.05, 3.63) is 0 Å². The van der Waals surface area contributed by atoms with Crippen LogP contribution in [0.1, 0.15) is 0 Å². The van der Waals surface area contributed by atoms with Gasteiger partial charge in [0.05, 0.1) is 0 Å². The van der Waals surface area contributed by atoms with Crippen LogP contribution in [0.2, 0.25) is 0 Å². The molecule has 0 heterocycles. The first-order chi connectivity index (χ1) is 2.00. The Kier molecular flexibility index (Phi) is 6.41. The molecule has 0 aromatic rings. The zero-order chi connectivity index (χ0) is 4.50. The third-order valence-corrected chi connectivity index (χ3v) is 0. The Balaban J connectivity index is 0. The monoisotopic (exact) mass is 171 g/mol. The third kappa shape index (κ3) is 44.8. The van der Waals surface area contributed by atoms with Gasteiger partial charge in [0.25, 0.3) is 0 Å². The molecule has 0 aromatic carbocycles. The Hall–Kier alpha value is 1.65. The van der Waals surface area contributed by atoms with E-state index >= 15 is 0 Å². The van der Waals surface area contributed by atoms with Gasteiger partial charge in [-0.05, 0) is 0 Å². The predicted molar refractivity (Wildman–Crippen MR) is 26.9 cm³/mol. The van der Waals surface area contributed by atoms with Gasteiger partial charge in [-0.3, -0.25) is 0 Å². The van der Waals surface area contributed by atoms with Crippen molar-refractivity contribution in [1.82, 2.24) is 0 Å². The normalized spacial score (nSPS) is 17.5. The van der Waals surface area contributed by atoms with E-state index in [9.17, 15) is 4.57 Å². The van der Waals surface area contributed by atoms with Gasteiger partial charge in [-0.25, -0.2) is 0 Å². The molecule has 0 bridgehead atoms. The molecular formula is H5AlO2PSiTi. The summed E-state index contributed by atoms with van der Waals surface area (Å²) in [7, 11) is 1.83. The van der Waals surface area contributed by atoms with Crippen molar-refractivity contribution in [2.24, 2.45) is 0 Å².